The average Bonchev–Trinajstić information content (AvgIpc) is 2.87. The number of hydrogen-bond donors (Lipinski definition) is 1. The van der Waals surface area contributed by atoms with Gasteiger partial charge in [-0.25, -0.2) is 0 Å². The Morgan fingerprint density at radius 3 is 2.18 bits per heavy atom. The van der Waals surface area contributed by atoms with Crippen LogP contribution in [-0.4, -0.2) is 30.8 Å². The first-order chi connectivity index (χ1) is 13.1. The molecule has 5 heteroatoms. The highest BCUT2D eigenvalue weighted by atomic mass is 16.7. The van der Waals surface area contributed by atoms with Crippen LogP contribution in [0.15, 0.2) is 55.2 Å². The van der Waals surface area contributed by atoms with Crippen LogP contribution in [0.25, 0.3) is 0 Å². The molecule has 1 aliphatic rings. The summed E-state index contributed by atoms with van der Waals surface area (Å²) in [7, 11) is -0.432. The Kier molecular flexibility index (Phi) is 8.46. The first-order valence-electron chi connectivity index (χ1n) is 9.79. The summed E-state index contributed by atoms with van der Waals surface area (Å²) >= 11 is 0. The van der Waals surface area contributed by atoms with E-state index in [0.29, 0.717) is 12.1 Å². The Morgan fingerprint density at radius 1 is 1.14 bits per heavy atom. The van der Waals surface area contributed by atoms with Gasteiger partial charge in [0, 0.05) is 12.1 Å². The van der Waals surface area contributed by atoms with Gasteiger partial charge in [0.05, 0.1) is 11.2 Å². The second-order valence-corrected chi connectivity index (χ2v) is 7.53. The summed E-state index contributed by atoms with van der Waals surface area (Å²) in [6, 6.07) is 5.65. The molecule has 0 radical (unpaired) electrons. The molecule has 1 heterocycles. The minimum atomic E-state index is -0.432. The van der Waals surface area contributed by atoms with Crippen molar-refractivity contribution in [2.45, 2.75) is 59.7 Å². The van der Waals surface area contributed by atoms with Crippen molar-refractivity contribution in [2.75, 3.05) is 6.54 Å². The molecule has 0 atom stereocenters. The number of allylic oxidation sites excluding steroid dienone is 2. The van der Waals surface area contributed by atoms with Crippen LogP contribution < -0.4 is 10.8 Å². The molecular formula is C23H34BNO3. The van der Waals surface area contributed by atoms with Gasteiger partial charge in [-0.15, -0.1) is 0 Å². The smallest absolute Gasteiger partial charge is 0.399 e. The molecule has 2 rings (SSSR count). The molecule has 1 N–H and O–H groups in total. The molecule has 1 amide bonds. The van der Waals surface area contributed by atoms with Crippen LogP contribution in [0, 0.1) is 6.92 Å². The Bertz CT molecular complexity index is 734. The van der Waals surface area contributed by atoms with Crippen LogP contribution in [0.4, 0.5) is 0 Å². The SMILES string of the molecule is C=C/C=C(\C=C)CNC(=O)c1ccc(B2OC(C)(C)C(C)(C)O2)cc1C.CC. The van der Waals surface area contributed by atoms with Gasteiger partial charge in [0.2, 0.25) is 0 Å². The van der Waals surface area contributed by atoms with E-state index in [0.717, 1.165) is 16.6 Å². The van der Waals surface area contributed by atoms with Gasteiger partial charge in [-0.1, -0.05) is 57.4 Å². The zero-order valence-corrected chi connectivity index (χ0v) is 18.4. The molecule has 0 spiro atoms. The van der Waals surface area contributed by atoms with E-state index in [1.807, 2.05) is 72.7 Å². The fourth-order valence-electron chi connectivity index (χ4n) is 2.70. The summed E-state index contributed by atoms with van der Waals surface area (Å²) in [5.41, 5.74) is 2.55. The number of carbonyl (C=O) groups is 1. The van der Waals surface area contributed by atoms with E-state index in [1.54, 1.807) is 12.2 Å². The monoisotopic (exact) mass is 383 g/mol. The second kappa shape index (κ2) is 9.90. The molecule has 0 aromatic heterocycles. The fourth-order valence-corrected chi connectivity index (χ4v) is 2.70. The third kappa shape index (κ3) is 5.46. The fraction of sp³-hybridized carbons (Fsp3) is 0.435. The summed E-state index contributed by atoms with van der Waals surface area (Å²) in [4.78, 5) is 12.5. The molecule has 0 saturated carbocycles. The van der Waals surface area contributed by atoms with Gasteiger partial charge < -0.3 is 14.6 Å². The topological polar surface area (TPSA) is 47.6 Å². The van der Waals surface area contributed by atoms with Crippen molar-refractivity contribution < 1.29 is 14.1 Å². The number of benzene rings is 1. The van der Waals surface area contributed by atoms with E-state index in [4.69, 9.17) is 9.31 Å². The van der Waals surface area contributed by atoms with Gasteiger partial charge >= 0.3 is 7.12 Å². The largest absolute Gasteiger partial charge is 0.494 e. The average molecular weight is 383 g/mol. The molecule has 0 bridgehead atoms. The van der Waals surface area contributed by atoms with Crippen LogP contribution >= 0.6 is 0 Å². The summed E-state index contributed by atoms with van der Waals surface area (Å²) in [5, 5.41) is 2.90. The van der Waals surface area contributed by atoms with E-state index >= 15 is 0 Å². The predicted molar refractivity (Wildman–Crippen MR) is 119 cm³/mol. The van der Waals surface area contributed by atoms with Crippen LogP contribution in [0.5, 0.6) is 0 Å². The minimum absolute atomic E-state index is 0.125. The van der Waals surface area contributed by atoms with E-state index in [9.17, 15) is 4.79 Å². The Hall–Kier alpha value is -2.11. The Labute approximate surface area is 170 Å². The number of hydrogen-bond acceptors (Lipinski definition) is 3. The van der Waals surface area contributed by atoms with Gasteiger partial charge in [0.1, 0.15) is 0 Å². The van der Waals surface area contributed by atoms with E-state index < -0.39 is 7.12 Å². The van der Waals surface area contributed by atoms with Crippen molar-refractivity contribution in [3.63, 3.8) is 0 Å². The molecule has 0 unspecified atom stereocenters. The van der Waals surface area contributed by atoms with Crippen LogP contribution in [0.3, 0.4) is 0 Å². The third-order valence-electron chi connectivity index (χ3n) is 5.07. The van der Waals surface area contributed by atoms with Crippen LogP contribution in [-0.2, 0) is 9.31 Å². The predicted octanol–water partition coefficient (Wildman–Crippen LogP) is 4.35. The summed E-state index contributed by atoms with van der Waals surface area (Å²) in [6.07, 6.45) is 5.20. The maximum Gasteiger partial charge on any atom is 0.494 e. The summed E-state index contributed by atoms with van der Waals surface area (Å²) in [5.74, 6) is -0.125. The number of rotatable bonds is 6. The maximum absolute atomic E-state index is 12.5. The molecule has 28 heavy (non-hydrogen) atoms. The number of carbonyl (C=O) groups excluding carboxylic acids is 1. The van der Waals surface area contributed by atoms with Crippen LogP contribution in [0.2, 0.25) is 0 Å². The lowest BCUT2D eigenvalue weighted by atomic mass is 9.78. The molecule has 152 valence electrons. The first-order valence-corrected chi connectivity index (χ1v) is 9.79. The van der Waals surface area contributed by atoms with Crippen molar-refractivity contribution in [3.8, 4) is 0 Å². The van der Waals surface area contributed by atoms with Crippen LogP contribution in [0.1, 0.15) is 57.5 Å². The van der Waals surface area contributed by atoms with Gasteiger partial charge in [0.15, 0.2) is 0 Å². The van der Waals surface area contributed by atoms with Crippen molar-refractivity contribution >= 4 is 18.5 Å². The molecule has 4 nitrogen and oxygen atoms in total. The van der Waals surface area contributed by atoms with E-state index in [2.05, 4.69) is 18.5 Å². The minimum Gasteiger partial charge on any atom is -0.399 e. The zero-order valence-electron chi connectivity index (χ0n) is 18.4. The molecule has 1 fully saturated rings. The maximum atomic E-state index is 12.5. The molecule has 1 saturated heterocycles. The molecule has 1 aromatic carbocycles. The second-order valence-electron chi connectivity index (χ2n) is 7.53. The van der Waals surface area contributed by atoms with Crippen molar-refractivity contribution in [1.29, 1.82) is 0 Å². The van der Waals surface area contributed by atoms with Gasteiger partial charge in [-0.05, 0) is 57.3 Å². The van der Waals surface area contributed by atoms with Crippen molar-refractivity contribution in [2.24, 2.45) is 0 Å². The Balaban J connectivity index is 0.00000190. The highest BCUT2D eigenvalue weighted by Gasteiger charge is 2.51. The van der Waals surface area contributed by atoms with Crippen molar-refractivity contribution in [3.05, 3.63) is 66.3 Å². The number of nitrogens with one attached hydrogen (secondary N) is 1. The lowest BCUT2D eigenvalue weighted by Gasteiger charge is -2.32. The van der Waals surface area contributed by atoms with E-state index in [-0.39, 0.29) is 17.1 Å². The molecule has 1 aromatic rings. The first kappa shape index (κ1) is 23.9. The molecule has 0 aliphatic carbocycles. The quantitative estimate of drug-likeness (QED) is 0.587. The molecular weight excluding hydrogens is 349 g/mol. The van der Waals surface area contributed by atoms with Gasteiger partial charge in [-0.3, -0.25) is 4.79 Å². The normalized spacial score (nSPS) is 17.4. The standard InChI is InChI=1S/C21H28BNO3.C2H6/c1-8-10-16(9-2)14-23-19(24)18-12-11-17(13-15(18)3)22-25-20(4,5)21(6,7)26-22;1-2/h8-13H,1-2,14H2,3-7H3,(H,23,24);1-2H3/b16-10+;. The van der Waals surface area contributed by atoms with Crippen molar-refractivity contribution in [1.82, 2.24) is 5.32 Å². The lowest BCUT2D eigenvalue weighted by Crippen LogP contribution is -2.41. The summed E-state index contributed by atoms with van der Waals surface area (Å²) < 4.78 is 12.2. The van der Waals surface area contributed by atoms with E-state index in [1.165, 1.54) is 0 Å². The van der Waals surface area contributed by atoms with Gasteiger partial charge in [0.25, 0.3) is 5.91 Å². The van der Waals surface area contributed by atoms with Gasteiger partial charge in [-0.2, -0.15) is 0 Å². The highest BCUT2D eigenvalue weighted by Crippen LogP contribution is 2.36. The lowest BCUT2D eigenvalue weighted by molar-refractivity contribution is 0.00578. The zero-order chi connectivity index (χ0) is 21.5. The highest BCUT2D eigenvalue weighted by molar-refractivity contribution is 6.62. The molecule has 1 aliphatic heterocycles. The number of aryl methyl sites for hydroxylation is 1. The number of amides is 1. The summed E-state index contributed by atoms with van der Waals surface area (Å²) in [6.45, 7) is 21.8. The Morgan fingerprint density at radius 2 is 1.71 bits per heavy atom. The third-order valence-corrected chi connectivity index (χ3v) is 5.07.